The van der Waals surface area contributed by atoms with Crippen LogP contribution in [0.25, 0.3) is 0 Å². The van der Waals surface area contributed by atoms with Crippen molar-refractivity contribution in [2.45, 2.75) is 31.8 Å². The number of ether oxygens (including phenoxy) is 1. The Bertz CT molecular complexity index is 286. The average Bonchev–Trinajstić information content (AvgIpc) is 2.81. The zero-order chi connectivity index (χ0) is 11.5. The number of carbonyl (C=O) groups is 2. The van der Waals surface area contributed by atoms with Gasteiger partial charge in [0.25, 0.3) is 5.91 Å². The Balaban J connectivity index is 1.93. The van der Waals surface area contributed by atoms with Crippen molar-refractivity contribution in [2.75, 3.05) is 19.7 Å². The lowest BCUT2D eigenvalue weighted by atomic mass is 9.98. The second kappa shape index (κ2) is 4.82. The number of nitrogens with zero attached hydrogens (tertiary/aromatic N) is 1. The van der Waals surface area contributed by atoms with Gasteiger partial charge < -0.3 is 14.7 Å². The summed E-state index contributed by atoms with van der Waals surface area (Å²) in [5, 5.41) is 8.93. The van der Waals surface area contributed by atoms with Crippen LogP contribution in [-0.4, -0.2) is 47.7 Å². The molecule has 0 aromatic heterocycles. The molecule has 5 nitrogen and oxygen atoms in total. The van der Waals surface area contributed by atoms with E-state index in [1.807, 2.05) is 0 Å². The van der Waals surface area contributed by atoms with Crippen LogP contribution in [0.15, 0.2) is 0 Å². The maximum Gasteiger partial charge on any atom is 0.308 e. The molecular weight excluding hydrogens is 210 g/mol. The van der Waals surface area contributed by atoms with E-state index >= 15 is 0 Å². The molecule has 16 heavy (non-hydrogen) atoms. The number of likely N-dealkylation sites (tertiary alicyclic amines) is 1. The van der Waals surface area contributed by atoms with Gasteiger partial charge in [0.1, 0.15) is 6.10 Å². The molecule has 2 aliphatic heterocycles. The molecule has 2 rings (SSSR count). The van der Waals surface area contributed by atoms with E-state index < -0.39 is 11.9 Å². The molecule has 90 valence electrons. The minimum Gasteiger partial charge on any atom is -0.481 e. The molecule has 1 N–H and O–H groups in total. The van der Waals surface area contributed by atoms with E-state index in [-0.39, 0.29) is 12.0 Å². The lowest BCUT2D eigenvalue weighted by molar-refractivity contribution is -0.149. The molecule has 5 heteroatoms. The highest BCUT2D eigenvalue weighted by molar-refractivity contribution is 5.82. The number of rotatable bonds is 2. The minimum absolute atomic E-state index is 0.0246. The summed E-state index contributed by atoms with van der Waals surface area (Å²) in [4.78, 5) is 24.5. The monoisotopic (exact) mass is 227 g/mol. The predicted molar refractivity (Wildman–Crippen MR) is 55.9 cm³/mol. The molecule has 0 radical (unpaired) electrons. The summed E-state index contributed by atoms with van der Waals surface area (Å²) in [5.74, 6) is -1.23. The molecule has 2 saturated heterocycles. The Morgan fingerprint density at radius 3 is 2.69 bits per heavy atom. The highest BCUT2D eigenvalue weighted by Crippen LogP contribution is 2.21. The Morgan fingerprint density at radius 1 is 1.25 bits per heavy atom. The molecular formula is C11H17NO4. The van der Waals surface area contributed by atoms with Crippen LogP contribution in [0.4, 0.5) is 0 Å². The number of carbonyl (C=O) groups excluding carboxylic acids is 1. The molecule has 2 aliphatic rings. The smallest absolute Gasteiger partial charge is 0.308 e. The maximum atomic E-state index is 12.0. The van der Waals surface area contributed by atoms with E-state index in [9.17, 15) is 9.59 Å². The molecule has 1 amide bonds. The van der Waals surface area contributed by atoms with Crippen molar-refractivity contribution in [3.8, 4) is 0 Å². The third kappa shape index (κ3) is 2.35. The van der Waals surface area contributed by atoms with E-state index in [0.29, 0.717) is 26.1 Å². The fraction of sp³-hybridized carbons (Fsp3) is 0.818. The summed E-state index contributed by atoms with van der Waals surface area (Å²) < 4.78 is 5.33. The Hall–Kier alpha value is -1.10. The fourth-order valence-corrected chi connectivity index (χ4v) is 2.35. The largest absolute Gasteiger partial charge is 0.481 e. The lowest BCUT2D eigenvalue weighted by Crippen LogP contribution is -2.46. The van der Waals surface area contributed by atoms with Crippen molar-refractivity contribution in [3.05, 3.63) is 0 Å². The van der Waals surface area contributed by atoms with Crippen LogP contribution in [0.2, 0.25) is 0 Å². The third-order valence-corrected chi connectivity index (χ3v) is 3.29. The summed E-state index contributed by atoms with van der Waals surface area (Å²) in [7, 11) is 0. The van der Waals surface area contributed by atoms with Gasteiger partial charge in [0.05, 0.1) is 5.92 Å². The molecule has 0 aliphatic carbocycles. The number of carboxylic acid groups (broad SMARTS) is 1. The summed E-state index contributed by atoms with van der Waals surface area (Å²) in [6, 6.07) is 0. The molecule has 2 fully saturated rings. The molecule has 0 unspecified atom stereocenters. The normalized spacial score (nSPS) is 30.4. The number of aliphatic carboxylic acids is 1. The van der Waals surface area contributed by atoms with Crippen LogP contribution in [0.1, 0.15) is 25.7 Å². The first kappa shape index (κ1) is 11.4. The van der Waals surface area contributed by atoms with E-state index in [1.165, 1.54) is 0 Å². The molecule has 0 aromatic carbocycles. The van der Waals surface area contributed by atoms with Gasteiger partial charge in [-0.15, -0.1) is 0 Å². The number of carboxylic acids is 1. The molecule has 2 heterocycles. The first-order chi connectivity index (χ1) is 7.68. The van der Waals surface area contributed by atoms with Crippen LogP contribution >= 0.6 is 0 Å². The number of amides is 1. The van der Waals surface area contributed by atoms with Crippen LogP contribution in [0.3, 0.4) is 0 Å². The molecule has 0 bridgehead atoms. The Morgan fingerprint density at radius 2 is 2.06 bits per heavy atom. The van der Waals surface area contributed by atoms with E-state index in [4.69, 9.17) is 9.84 Å². The SMILES string of the molecule is O=C(O)[C@H]1CCCN(C(=O)[C@@H]2CCCO2)C1. The number of hydrogen-bond acceptors (Lipinski definition) is 3. The second-order valence-electron chi connectivity index (χ2n) is 4.46. The van der Waals surface area contributed by atoms with Crippen LogP contribution in [-0.2, 0) is 14.3 Å². The molecule has 2 atom stereocenters. The summed E-state index contributed by atoms with van der Waals surface area (Å²) in [6.45, 7) is 1.66. The summed E-state index contributed by atoms with van der Waals surface area (Å²) >= 11 is 0. The molecule has 0 aromatic rings. The van der Waals surface area contributed by atoms with Gasteiger partial charge in [-0.2, -0.15) is 0 Å². The molecule has 0 spiro atoms. The second-order valence-corrected chi connectivity index (χ2v) is 4.46. The van der Waals surface area contributed by atoms with Crippen molar-refractivity contribution in [1.29, 1.82) is 0 Å². The highest BCUT2D eigenvalue weighted by Gasteiger charge is 2.33. The van der Waals surface area contributed by atoms with Crippen LogP contribution in [0, 0.1) is 5.92 Å². The Kier molecular flexibility index (Phi) is 3.43. The van der Waals surface area contributed by atoms with E-state index in [2.05, 4.69) is 0 Å². The quantitative estimate of drug-likeness (QED) is 0.745. The van der Waals surface area contributed by atoms with Crippen molar-refractivity contribution in [2.24, 2.45) is 5.92 Å². The van der Waals surface area contributed by atoms with Gasteiger partial charge in [0.15, 0.2) is 0 Å². The standard InChI is InChI=1S/C11H17NO4/c13-10(9-4-2-6-16-9)12-5-1-3-8(7-12)11(14)15/h8-9H,1-7H2,(H,14,15)/t8-,9-/m0/s1. The third-order valence-electron chi connectivity index (χ3n) is 3.29. The average molecular weight is 227 g/mol. The van der Waals surface area contributed by atoms with Gasteiger partial charge in [0, 0.05) is 19.7 Å². The zero-order valence-electron chi connectivity index (χ0n) is 9.22. The van der Waals surface area contributed by atoms with Gasteiger partial charge in [0.2, 0.25) is 0 Å². The lowest BCUT2D eigenvalue weighted by Gasteiger charge is -2.32. The van der Waals surface area contributed by atoms with E-state index in [1.54, 1.807) is 4.90 Å². The zero-order valence-corrected chi connectivity index (χ0v) is 9.22. The van der Waals surface area contributed by atoms with E-state index in [0.717, 1.165) is 19.3 Å². The summed E-state index contributed by atoms with van der Waals surface area (Å²) in [5.41, 5.74) is 0. The minimum atomic E-state index is -0.801. The number of piperidine rings is 1. The highest BCUT2D eigenvalue weighted by atomic mass is 16.5. The predicted octanol–water partition coefficient (Wildman–Crippen LogP) is 0.489. The first-order valence-electron chi connectivity index (χ1n) is 5.81. The molecule has 0 saturated carbocycles. The fourth-order valence-electron chi connectivity index (χ4n) is 2.35. The van der Waals surface area contributed by atoms with Gasteiger partial charge >= 0.3 is 5.97 Å². The number of hydrogen-bond donors (Lipinski definition) is 1. The van der Waals surface area contributed by atoms with Gasteiger partial charge in [-0.25, -0.2) is 0 Å². The van der Waals surface area contributed by atoms with Gasteiger partial charge in [-0.05, 0) is 25.7 Å². The van der Waals surface area contributed by atoms with Crippen LogP contribution < -0.4 is 0 Å². The summed E-state index contributed by atoms with van der Waals surface area (Å²) in [6.07, 6.45) is 2.81. The van der Waals surface area contributed by atoms with Gasteiger partial charge in [-0.3, -0.25) is 9.59 Å². The van der Waals surface area contributed by atoms with Crippen molar-refractivity contribution in [1.82, 2.24) is 4.90 Å². The van der Waals surface area contributed by atoms with Crippen molar-refractivity contribution < 1.29 is 19.4 Å². The Labute approximate surface area is 94.4 Å². The topological polar surface area (TPSA) is 66.8 Å². The van der Waals surface area contributed by atoms with Crippen molar-refractivity contribution >= 4 is 11.9 Å². The first-order valence-corrected chi connectivity index (χ1v) is 5.81. The maximum absolute atomic E-state index is 12.0. The van der Waals surface area contributed by atoms with Gasteiger partial charge in [-0.1, -0.05) is 0 Å². The van der Waals surface area contributed by atoms with Crippen LogP contribution in [0.5, 0.6) is 0 Å². The van der Waals surface area contributed by atoms with Crippen molar-refractivity contribution in [3.63, 3.8) is 0 Å².